The molecule has 0 saturated heterocycles. The highest BCUT2D eigenvalue weighted by atomic mass is 35.5. The Morgan fingerprint density at radius 3 is 2.79 bits per heavy atom. The van der Waals surface area contributed by atoms with E-state index in [1.54, 1.807) is 6.20 Å². The van der Waals surface area contributed by atoms with Gasteiger partial charge in [0.2, 0.25) is 0 Å². The van der Waals surface area contributed by atoms with Crippen molar-refractivity contribution in [2.75, 3.05) is 0 Å². The first-order valence-electron chi connectivity index (χ1n) is 6.41. The second kappa shape index (κ2) is 6.19. The molecule has 0 amide bonds. The van der Waals surface area contributed by atoms with Crippen LogP contribution >= 0.6 is 11.6 Å². The van der Waals surface area contributed by atoms with Crippen LogP contribution in [-0.2, 0) is 6.54 Å². The molecule has 4 nitrogen and oxygen atoms in total. The van der Waals surface area contributed by atoms with E-state index in [4.69, 9.17) is 17.4 Å². The molecule has 1 heterocycles. The maximum Gasteiger partial charge on any atom is 0.0896 e. The van der Waals surface area contributed by atoms with Gasteiger partial charge >= 0.3 is 0 Å². The number of nitrogens with two attached hydrogens (primary N) is 1. The maximum atomic E-state index is 6.28. The van der Waals surface area contributed by atoms with E-state index in [0.29, 0.717) is 5.02 Å². The van der Waals surface area contributed by atoms with Crippen molar-refractivity contribution in [3.63, 3.8) is 0 Å². The maximum absolute atomic E-state index is 6.28. The smallest absolute Gasteiger partial charge is 0.0896 e. The van der Waals surface area contributed by atoms with Crippen LogP contribution in [0.25, 0.3) is 0 Å². The van der Waals surface area contributed by atoms with Crippen LogP contribution in [0.5, 0.6) is 0 Å². The van der Waals surface area contributed by atoms with Crippen LogP contribution in [0.15, 0.2) is 30.5 Å². The van der Waals surface area contributed by atoms with E-state index in [-0.39, 0.29) is 6.04 Å². The van der Waals surface area contributed by atoms with Gasteiger partial charge in [-0.15, -0.1) is 0 Å². The fourth-order valence-electron chi connectivity index (χ4n) is 2.28. The molecule has 102 valence electrons. The van der Waals surface area contributed by atoms with Crippen LogP contribution in [0, 0.1) is 6.92 Å². The molecule has 1 atom stereocenters. The number of hydrogen-bond acceptors (Lipinski definition) is 3. The number of halogens is 1. The number of nitrogens with zero attached hydrogens (tertiary/aromatic N) is 2. The number of hydrogen-bond donors (Lipinski definition) is 2. The summed E-state index contributed by atoms with van der Waals surface area (Å²) in [4.78, 5) is 0. The number of hydrazine groups is 1. The van der Waals surface area contributed by atoms with Gasteiger partial charge in [0.1, 0.15) is 0 Å². The molecule has 5 heteroatoms. The van der Waals surface area contributed by atoms with Gasteiger partial charge in [0.15, 0.2) is 0 Å². The van der Waals surface area contributed by atoms with Crippen LogP contribution in [-0.4, -0.2) is 9.78 Å². The zero-order valence-electron chi connectivity index (χ0n) is 11.2. The van der Waals surface area contributed by atoms with Crippen molar-refractivity contribution in [3.05, 3.63) is 52.3 Å². The summed E-state index contributed by atoms with van der Waals surface area (Å²) in [6, 6.07) is 7.98. The SMILES string of the molecule is CCCn1ncc(Cl)c1C(NN)c1ccccc1C. The van der Waals surface area contributed by atoms with Gasteiger partial charge in [-0.25, -0.2) is 5.43 Å². The molecule has 19 heavy (non-hydrogen) atoms. The highest BCUT2D eigenvalue weighted by Crippen LogP contribution is 2.29. The first kappa shape index (κ1) is 14.1. The quantitative estimate of drug-likeness (QED) is 0.653. The fraction of sp³-hybridized carbons (Fsp3) is 0.357. The average molecular weight is 279 g/mol. The normalized spacial score (nSPS) is 12.6. The Kier molecular flexibility index (Phi) is 4.58. The third-order valence-corrected chi connectivity index (χ3v) is 3.50. The monoisotopic (exact) mass is 278 g/mol. The molecule has 0 saturated carbocycles. The Labute approximate surface area is 118 Å². The number of benzene rings is 1. The number of rotatable bonds is 5. The predicted molar refractivity (Wildman–Crippen MR) is 77.9 cm³/mol. The average Bonchev–Trinajstić information content (AvgIpc) is 2.75. The van der Waals surface area contributed by atoms with E-state index in [1.807, 2.05) is 16.8 Å². The molecule has 1 unspecified atom stereocenters. The van der Waals surface area contributed by atoms with Gasteiger partial charge in [0, 0.05) is 6.54 Å². The van der Waals surface area contributed by atoms with Gasteiger partial charge in [0.05, 0.1) is 23.0 Å². The van der Waals surface area contributed by atoms with Gasteiger partial charge in [0.25, 0.3) is 0 Å². The highest BCUT2D eigenvalue weighted by Gasteiger charge is 2.22. The van der Waals surface area contributed by atoms with Gasteiger partial charge in [-0.3, -0.25) is 10.5 Å². The van der Waals surface area contributed by atoms with Gasteiger partial charge < -0.3 is 0 Å². The fourth-order valence-corrected chi connectivity index (χ4v) is 2.53. The molecular weight excluding hydrogens is 260 g/mol. The zero-order valence-corrected chi connectivity index (χ0v) is 12.0. The molecule has 0 aliphatic carbocycles. The second-order valence-corrected chi connectivity index (χ2v) is 4.96. The van der Waals surface area contributed by atoms with Crippen molar-refractivity contribution in [2.24, 2.45) is 5.84 Å². The summed E-state index contributed by atoms with van der Waals surface area (Å²) in [5.74, 6) is 5.75. The molecule has 0 aliphatic rings. The Morgan fingerprint density at radius 2 is 2.16 bits per heavy atom. The summed E-state index contributed by atoms with van der Waals surface area (Å²) in [6.07, 6.45) is 2.67. The summed E-state index contributed by atoms with van der Waals surface area (Å²) in [6.45, 7) is 5.00. The summed E-state index contributed by atoms with van der Waals surface area (Å²) in [5, 5.41) is 4.96. The van der Waals surface area contributed by atoms with E-state index >= 15 is 0 Å². The molecule has 0 bridgehead atoms. The van der Waals surface area contributed by atoms with E-state index < -0.39 is 0 Å². The number of aromatic nitrogens is 2. The summed E-state index contributed by atoms with van der Waals surface area (Å²) in [5.41, 5.74) is 6.06. The Morgan fingerprint density at radius 1 is 1.42 bits per heavy atom. The molecule has 0 radical (unpaired) electrons. The zero-order chi connectivity index (χ0) is 13.8. The van der Waals surface area contributed by atoms with Crippen molar-refractivity contribution in [2.45, 2.75) is 32.9 Å². The third-order valence-electron chi connectivity index (χ3n) is 3.21. The summed E-state index contributed by atoms with van der Waals surface area (Å²) in [7, 11) is 0. The molecule has 3 N–H and O–H groups in total. The molecule has 0 aliphatic heterocycles. The van der Waals surface area contributed by atoms with Gasteiger partial charge in [-0.2, -0.15) is 5.10 Å². The molecular formula is C14H19ClN4. The largest absolute Gasteiger partial charge is 0.271 e. The molecule has 1 aromatic carbocycles. The highest BCUT2D eigenvalue weighted by molar-refractivity contribution is 6.31. The molecule has 1 aromatic heterocycles. The minimum Gasteiger partial charge on any atom is -0.271 e. The number of nitrogens with one attached hydrogen (secondary N) is 1. The third kappa shape index (κ3) is 2.81. The molecule has 0 spiro atoms. The standard InChI is InChI=1S/C14H19ClN4/c1-3-8-19-14(12(15)9-17-19)13(18-16)11-7-5-4-6-10(11)2/h4-7,9,13,18H,3,8,16H2,1-2H3. The summed E-state index contributed by atoms with van der Waals surface area (Å²) < 4.78 is 1.92. The lowest BCUT2D eigenvalue weighted by atomic mass is 9.99. The first-order chi connectivity index (χ1) is 9.19. The van der Waals surface area contributed by atoms with Crippen LogP contribution in [0.4, 0.5) is 0 Å². The minimum atomic E-state index is -0.150. The predicted octanol–water partition coefficient (Wildman–Crippen LogP) is 2.81. The van der Waals surface area contributed by atoms with Crippen molar-refractivity contribution >= 4 is 11.6 Å². The second-order valence-electron chi connectivity index (χ2n) is 4.56. The Hall–Kier alpha value is -1.36. The van der Waals surface area contributed by atoms with Crippen molar-refractivity contribution in [1.82, 2.24) is 15.2 Å². The van der Waals surface area contributed by atoms with Gasteiger partial charge in [-0.05, 0) is 24.5 Å². The topological polar surface area (TPSA) is 55.9 Å². The lowest BCUT2D eigenvalue weighted by Gasteiger charge is -2.20. The lowest BCUT2D eigenvalue weighted by molar-refractivity contribution is 0.520. The first-order valence-corrected chi connectivity index (χ1v) is 6.79. The molecule has 2 rings (SSSR count). The minimum absolute atomic E-state index is 0.150. The van der Waals surface area contributed by atoms with Crippen LogP contribution < -0.4 is 11.3 Å². The molecule has 0 fully saturated rings. The van der Waals surface area contributed by atoms with Crippen LogP contribution in [0.2, 0.25) is 5.02 Å². The van der Waals surface area contributed by atoms with Crippen LogP contribution in [0.1, 0.15) is 36.2 Å². The van der Waals surface area contributed by atoms with Crippen molar-refractivity contribution in [3.8, 4) is 0 Å². The Bertz CT molecular complexity index is 550. The molecule has 2 aromatic rings. The van der Waals surface area contributed by atoms with E-state index in [9.17, 15) is 0 Å². The van der Waals surface area contributed by atoms with Gasteiger partial charge in [-0.1, -0.05) is 42.8 Å². The van der Waals surface area contributed by atoms with Crippen molar-refractivity contribution in [1.29, 1.82) is 0 Å². The van der Waals surface area contributed by atoms with E-state index in [2.05, 4.69) is 36.5 Å². The van der Waals surface area contributed by atoms with E-state index in [1.165, 1.54) is 5.56 Å². The van der Waals surface area contributed by atoms with Crippen molar-refractivity contribution < 1.29 is 0 Å². The van der Waals surface area contributed by atoms with Crippen LogP contribution in [0.3, 0.4) is 0 Å². The number of aryl methyl sites for hydroxylation is 2. The summed E-state index contributed by atoms with van der Waals surface area (Å²) >= 11 is 6.28. The lowest BCUT2D eigenvalue weighted by Crippen LogP contribution is -2.31. The van der Waals surface area contributed by atoms with E-state index in [0.717, 1.165) is 24.2 Å². The Balaban J connectivity index is 2.48.